The molecule has 224 valence electrons. The molecule has 3 heterocycles. The van der Waals surface area contributed by atoms with E-state index in [0.29, 0.717) is 49.1 Å². The van der Waals surface area contributed by atoms with E-state index >= 15 is 0 Å². The van der Waals surface area contributed by atoms with Gasteiger partial charge in [-0.1, -0.05) is 47.7 Å². The zero-order valence-electron chi connectivity index (χ0n) is 25.3. The number of carbonyl (C=O) groups is 1. The largest absolute Gasteiger partial charge is 0.493 e. The number of ether oxygens (including phenoxy) is 3. The molecule has 0 bridgehead atoms. The quantitative estimate of drug-likeness (QED) is 0.289. The maximum atomic E-state index is 14.4. The number of aromatic nitrogens is 2. The summed E-state index contributed by atoms with van der Waals surface area (Å²) in [4.78, 5) is 33.6. The molecule has 0 unspecified atom stereocenters. The Bertz CT molecular complexity index is 2110. The summed E-state index contributed by atoms with van der Waals surface area (Å²) in [6.07, 6.45) is 1.93. The third kappa shape index (κ3) is 4.77. The minimum absolute atomic E-state index is 0.252. The molecule has 0 spiro atoms. The van der Waals surface area contributed by atoms with Crippen molar-refractivity contribution in [3.05, 3.63) is 115 Å². The van der Waals surface area contributed by atoms with Crippen LogP contribution in [0.4, 0.5) is 5.69 Å². The van der Waals surface area contributed by atoms with E-state index in [0.717, 1.165) is 22.2 Å². The Hall–Kier alpha value is -5.09. The van der Waals surface area contributed by atoms with Gasteiger partial charge in [0, 0.05) is 34.9 Å². The SMILES string of the molecule is COc1cc([C@H]2C(C(=O)Nc3ccccc3)=C(C)N=c3s/c(=C\c4c(C)n(C)c5ccccc45)c(=O)n32)cc(OC)c1OC. The molecular formula is C34H32N4O5S. The Morgan fingerprint density at radius 1 is 0.955 bits per heavy atom. The Labute approximate surface area is 258 Å². The average molecular weight is 609 g/mol. The van der Waals surface area contributed by atoms with Crippen LogP contribution in [0.5, 0.6) is 17.2 Å². The van der Waals surface area contributed by atoms with Gasteiger partial charge in [-0.2, -0.15) is 0 Å². The number of rotatable bonds is 7. The fraction of sp³-hybridized carbons (Fsp3) is 0.206. The van der Waals surface area contributed by atoms with Gasteiger partial charge in [0.15, 0.2) is 16.3 Å². The van der Waals surface area contributed by atoms with Gasteiger partial charge in [-0.05, 0) is 55.8 Å². The van der Waals surface area contributed by atoms with Crippen LogP contribution < -0.4 is 34.4 Å². The summed E-state index contributed by atoms with van der Waals surface area (Å²) in [5.74, 6) is 0.865. The number of hydrogen-bond donors (Lipinski definition) is 1. The number of para-hydroxylation sites is 2. The summed E-state index contributed by atoms with van der Waals surface area (Å²) in [7, 11) is 6.61. The number of methoxy groups -OCH3 is 3. The van der Waals surface area contributed by atoms with E-state index in [4.69, 9.17) is 19.2 Å². The van der Waals surface area contributed by atoms with Crippen molar-refractivity contribution >= 4 is 39.9 Å². The fourth-order valence-corrected chi connectivity index (χ4v) is 6.80. The van der Waals surface area contributed by atoms with Crippen molar-refractivity contribution in [1.29, 1.82) is 0 Å². The number of allylic oxidation sites excluding steroid dienone is 1. The third-order valence-corrected chi connectivity index (χ3v) is 9.01. The Kier molecular flexibility index (Phi) is 7.60. The molecule has 0 aliphatic carbocycles. The molecular weight excluding hydrogens is 576 g/mol. The van der Waals surface area contributed by atoms with E-state index < -0.39 is 6.04 Å². The second-order valence-electron chi connectivity index (χ2n) is 10.4. The smallest absolute Gasteiger partial charge is 0.271 e. The highest BCUT2D eigenvalue weighted by Crippen LogP contribution is 2.42. The van der Waals surface area contributed by atoms with E-state index in [9.17, 15) is 9.59 Å². The minimum Gasteiger partial charge on any atom is -0.493 e. The number of amides is 1. The van der Waals surface area contributed by atoms with Crippen LogP contribution in [0.1, 0.15) is 29.8 Å². The first-order valence-corrected chi connectivity index (χ1v) is 14.8. The molecule has 0 saturated carbocycles. The monoisotopic (exact) mass is 608 g/mol. The highest BCUT2D eigenvalue weighted by Gasteiger charge is 2.34. The van der Waals surface area contributed by atoms with Crippen molar-refractivity contribution in [2.24, 2.45) is 12.0 Å². The van der Waals surface area contributed by atoms with E-state index in [2.05, 4.69) is 22.0 Å². The van der Waals surface area contributed by atoms with Crippen LogP contribution in [-0.4, -0.2) is 36.4 Å². The minimum atomic E-state index is -0.820. The van der Waals surface area contributed by atoms with Gasteiger partial charge in [-0.25, -0.2) is 4.99 Å². The number of carbonyl (C=O) groups excluding carboxylic acids is 1. The summed E-state index contributed by atoms with van der Waals surface area (Å²) in [5.41, 5.74) is 4.92. The zero-order chi connectivity index (χ0) is 31.1. The van der Waals surface area contributed by atoms with Gasteiger partial charge in [0.1, 0.15) is 0 Å². The lowest BCUT2D eigenvalue weighted by atomic mass is 9.94. The van der Waals surface area contributed by atoms with Crippen molar-refractivity contribution in [2.45, 2.75) is 19.9 Å². The molecule has 1 atom stereocenters. The van der Waals surface area contributed by atoms with E-state index in [1.165, 1.54) is 32.7 Å². The number of anilines is 1. The van der Waals surface area contributed by atoms with Crippen LogP contribution in [-0.2, 0) is 11.8 Å². The van der Waals surface area contributed by atoms with E-state index in [1.807, 2.05) is 62.5 Å². The highest BCUT2D eigenvalue weighted by molar-refractivity contribution is 7.07. The van der Waals surface area contributed by atoms with Gasteiger partial charge in [0.2, 0.25) is 5.75 Å². The number of benzene rings is 3. The lowest BCUT2D eigenvalue weighted by Crippen LogP contribution is -2.40. The molecule has 2 aromatic heterocycles. The van der Waals surface area contributed by atoms with Crippen LogP contribution in [0.2, 0.25) is 0 Å². The van der Waals surface area contributed by atoms with Crippen molar-refractivity contribution < 1.29 is 19.0 Å². The summed E-state index contributed by atoms with van der Waals surface area (Å²) in [5, 5.41) is 4.04. The zero-order valence-corrected chi connectivity index (χ0v) is 26.1. The van der Waals surface area contributed by atoms with Crippen molar-refractivity contribution in [2.75, 3.05) is 26.6 Å². The summed E-state index contributed by atoms with van der Waals surface area (Å²) in [6, 6.07) is 20.0. The Morgan fingerprint density at radius 3 is 2.27 bits per heavy atom. The molecule has 0 fully saturated rings. The van der Waals surface area contributed by atoms with Crippen LogP contribution in [0.3, 0.4) is 0 Å². The van der Waals surface area contributed by atoms with Gasteiger partial charge in [0.25, 0.3) is 11.5 Å². The van der Waals surface area contributed by atoms with E-state index in [-0.39, 0.29) is 11.5 Å². The molecule has 10 heteroatoms. The molecule has 1 aliphatic heterocycles. The summed E-state index contributed by atoms with van der Waals surface area (Å²) >= 11 is 1.30. The molecule has 44 heavy (non-hydrogen) atoms. The van der Waals surface area contributed by atoms with Gasteiger partial charge >= 0.3 is 0 Å². The molecule has 5 aromatic rings. The number of nitrogens with zero attached hydrogens (tertiary/aromatic N) is 3. The summed E-state index contributed by atoms with van der Waals surface area (Å²) < 4.78 is 21.1. The van der Waals surface area contributed by atoms with Crippen molar-refractivity contribution in [3.63, 3.8) is 0 Å². The molecule has 3 aromatic carbocycles. The maximum absolute atomic E-state index is 14.4. The lowest BCUT2D eigenvalue weighted by Gasteiger charge is -2.26. The second-order valence-corrected chi connectivity index (χ2v) is 11.4. The first-order valence-electron chi connectivity index (χ1n) is 14.0. The molecule has 9 nitrogen and oxygen atoms in total. The van der Waals surface area contributed by atoms with Gasteiger partial charge in [0.05, 0.1) is 43.2 Å². The highest BCUT2D eigenvalue weighted by atomic mass is 32.1. The van der Waals surface area contributed by atoms with Crippen molar-refractivity contribution in [1.82, 2.24) is 9.13 Å². The molecule has 0 saturated heterocycles. The first-order chi connectivity index (χ1) is 21.3. The lowest BCUT2D eigenvalue weighted by molar-refractivity contribution is -0.113. The molecule has 6 rings (SSSR count). The molecule has 1 amide bonds. The number of aryl methyl sites for hydroxylation is 1. The Balaban J connectivity index is 1.60. The molecule has 1 aliphatic rings. The van der Waals surface area contributed by atoms with Crippen LogP contribution in [0.15, 0.2) is 87.8 Å². The molecule has 1 N–H and O–H groups in total. The topological polar surface area (TPSA) is 96.1 Å². The van der Waals surface area contributed by atoms with Crippen molar-refractivity contribution in [3.8, 4) is 17.2 Å². The standard InChI is InChI=1S/C34H32N4O5S/c1-19-29(32(39)36-22-12-8-7-9-13-22)30(21-16-26(41-4)31(43-6)27(17-21)42-5)38-33(40)28(44-34(38)35-19)18-24-20(2)37(3)25-15-11-10-14-23(24)25/h7-18,30H,1-6H3,(H,36,39)/b28-18-/t30-/m0/s1. The number of thiazole rings is 1. The van der Waals surface area contributed by atoms with Gasteiger partial charge in [-0.15, -0.1) is 0 Å². The predicted molar refractivity (Wildman–Crippen MR) is 173 cm³/mol. The maximum Gasteiger partial charge on any atom is 0.271 e. The number of hydrogen-bond acceptors (Lipinski definition) is 7. The van der Waals surface area contributed by atoms with Gasteiger partial charge in [-0.3, -0.25) is 14.2 Å². The number of fused-ring (bicyclic) bond motifs is 2. The molecule has 0 radical (unpaired) electrons. The van der Waals surface area contributed by atoms with Crippen LogP contribution >= 0.6 is 11.3 Å². The Morgan fingerprint density at radius 2 is 1.61 bits per heavy atom. The van der Waals surface area contributed by atoms with Crippen LogP contribution in [0.25, 0.3) is 17.0 Å². The van der Waals surface area contributed by atoms with E-state index in [1.54, 1.807) is 23.6 Å². The second kappa shape index (κ2) is 11.5. The van der Waals surface area contributed by atoms with Crippen LogP contribution in [0, 0.1) is 6.92 Å². The number of nitrogens with one attached hydrogen (secondary N) is 1. The first kappa shape index (κ1) is 29.0. The van der Waals surface area contributed by atoms with Gasteiger partial charge < -0.3 is 24.1 Å². The third-order valence-electron chi connectivity index (χ3n) is 8.02. The summed E-state index contributed by atoms with van der Waals surface area (Å²) in [6.45, 7) is 3.83. The fourth-order valence-electron chi connectivity index (χ4n) is 5.77. The normalized spacial score (nSPS) is 14.8. The average Bonchev–Trinajstić information content (AvgIpc) is 3.47. The predicted octanol–water partition coefficient (Wildman–Crippen LogP) is 4.70.